The lowest BCUT2D eigenvalue weighted by Gasteiger charge is -2.51. The van der Waals surface area contributed by atoms with Crippen molar-refractivity contribution in [1.29, 1.82) is 0 Å². The van der Waals surface area contributed by atoms with Gasteiger partial charge in [-0.2, -0.15) is 0 Å². The van der Waals surface area contributed by atoms with Crippen LogP contribution in [-0.2, 0) is 4.79 Å². The predicted octanol–water partition coefficient (Wildman–Crippen LogP) is 3.77. The number of carbonyl (C=O) groups is 1. The summed E-state index contributed by atoms with van der Waals surface area (Å²) in [6.45, 7) is 5.99. The third-order valence-electron chi connectivity index (χ3n) is 5.12. The fourth-order valence-corrected chi connectivity index (χ4v) is 3.68. The van der Waals surface area contributed by atoms with Crippen LogP contribution in [0.5, 0.6) is 11.5 Å². The Morgan fingerprint density at radius 1 is 1.38 bits per heavy atom. The van der Waals surface area contributed by atoms with Crippen LogP contribution in [0.15, 0.2) is 35.9 Å². The molecule has 0 amide bonds. The fraction of sp³-hybridized carbons (Fsp3) is 0.450. The zero-order chi connectivity index (χ0) is 17.5. The molecule has 3 rings (SSSR count). The third-order valence-corrected chi connectivity index (χ3v) is 5.12. The highest BCUT2D eigenvalue weighted by atomic mass is 16.5. The lowest BCUT2D eigenvalue weighted by Crippen LogP contribution is -2.60. The molecular formula is C20H24O4. The Morgan fingerprint density at radius 3 is 2.83 bits per heavy atom. The Balaban J connectivity index is 2.10. The first kappa shape index (κ1) is 16.8. The molecule has 0 spiro atoms. The van der Waals surface area contributed by atoms with Gasteiger partial charge in [-0.25, -0.2) is 0 Å². The number of ketones is 1. The molecule has 0 unspecified atom stereocenters. The molecule has 2 N–H and O–H groups in total. The van der Waals surface area contributed by atoms with E-state index in [1.165, 1.54) is 11.6 Å². The fourth-order valence-electron chi connectivity index (χ4n) is 3.68. The number of phenols is 1. The molecular weight excluding hydrogens is 304 g/mol. The molecule has 0 aromatic heterocycles. The van der Waals surface area contributed by atoms with Crippen molar-refractivity contribution < 1.29 is 19.7 Å². The molecule has 128 valence electrons. The number of hydrogen-bond acceptors (Lipinski definition) is 4. The van der Waals surface area contributed by atoms with E-state index in [-0.39, 0.29) is 11.5 Å². The molecule has 0 radical (unpaired) electrons. The van der Waals surface area contributed by atoms with E-state index in [1.807, 2.05) is 20.8 Å². The van der Waals surface area contributed by atoms with Crippen molar-refractivity contribution in [1.82, 2.24) is 0 Å². The second kappa shape index (κ2) is 5.78. The van der Waals surface area contributed by atoms with Crippen molar-refractivity contribution in [3.63, 3.8) is 0 Å². The van der Waals surface area contributed by atoms with Crippen LogP contribution in [0, 0.1) is 0 Å². The highest BCUT2D eigenvalue weighted by Crippen LogP contribution is 2.53. The van der Waals surface area contributed by atoms with E-state index in [9.17, 15) is 15.0 Å². The summed E-state index contributed by atoms with van der Waals surface area (Å²) >= 11 is 0. The van der Waals surface area contributed by atoms with Crippen molar-refractivity contribution in [3.8, 4) is 11.5 Å². The molecule has 1 aromatic carbocycles. The quantitative estimate of drug-likeness (QED) is 0.829. The molecule has 1 heterocycles. The van der Waals surface area contributed by atoms with Crippen LogP contribution in [0.25, 0.3) is 5.57 Å². The van der Waals surface area contributed by atoms with Crippen molar-refractivity contribution in [2.75, 3.05) is 0 Å². The van der Waals surface area contributed by atoms with Gasteiger partial charge in [0.25, 0.3) is 0 Å². The van der Waals surface area contributed by atoms with E-state index in [0.29, 0.717) is 36.1 Å². The maximum absolute atomic E-state index is 12.0. The summed E-state index contributed by atoms with van der Waals surface area (Å²) in [5, 5.41) is 21.3. The van der Waals surface area contributed by atoms with E-state index in [2.05, 4.69) is 6.08 Å². The van der Waals surface area contributed by atoms with Gasteiger partial charge < -0.3 is 14.9 Å². The summed E-state index contributed by atoms with van der Waals surface area (Å²) < 4.78 is 6.22. The van der Waals surface area contributed by atoms with Gasteiger partial charge in [0.05, 0.1) is 0 Å². The smallest absolute Gasteiger partial charge is 0.156 e. The van der Waals surface area contributed by atoms with Gasteiger partial charge >= 0.3 is 0 Å². The molecule has 4 heteroatoms. The molecule has 1 aliphatic carbocycles. The van der Waals surface area contributed by atoms with Gasteiger partial charge in [-0.1, -0.05) is 11.6 Å². The first-order chi connectivity index (χ1) is 11.2. The summed E-state index contributed by atoms with van der Waals surface area (Å²) in [5.41, 5.74) is 0.328. The Hall–Kier alpha value is -2.07. The average Bonchev–Trinajstić information content (AvgIpc) is 2.50. The van der Waals surface area contributed by atoms with Crippen LogP contribution in [0.2, 0.25) is 0 Å². The summed E-state index contributed by atoms with van der Waals surface area (Å²) in [6.07, 6.45) is 5.70. The second-order valence-electron chi connectivity index (χ2n) is 7.22. The van der Waals surface area contributed by atoms with E-state index < -0.39 is 11.2 Å². The highest BCUT2D eigenvalue weighted by molar-refractivity contribution is 6.02. The number of carbonyl (C=O) groups excluding carboxylic acids is 1. The molecule has 1 aromatic rings. The number of benzene rings is 1. The highest BCUT2D eigenvalue weighted by Gasteiger charge is 2.56. The maximum atomic E-state index is 12.0. The number of hydrogen-bond donors (Lipinski definition) is 2. The first-order valence-corrected chi connectivity index (χ1v) is 8.38. The number of allylic oxidation sites excluding steroid dienone is 3. The minimum atomic E-state index is -1.24. The molecule has 2 aliphatic rings. The van der Waals surface area contributed by atoms with Crippen LogP contribution in [-0.4, -0.2) is 27.2 Å². The van der Waals surface area contributed by atoms with Gasteiger partial charge in [-0.05, 0) is 64.3 Å². The van der Waals surface area contributed by atoms with Crippen LogP contribution in [0.3, 0.4) is 0 Å². The van der Waals surface area contributed by atoms with Gasteiger partial charge in [0, 0.05) is 17.6 Å². The number of aromatic hydroxyl groups is 1. The molecule has 0 fully saturated rings. The molecule has 0 bridgehead atoms. The summed E-state index contributed by atoms with van der Waals surface area (Å²) in [7, 11) is 0. The Bertz CT molecular complexity index is 742. The minimum absolute atomic E-state index is 0.00230. The van der Waals surface area contributed by atoms with Crippen LogP contribution in [0.1, 0.15) is 52.0 Å². The molecule has 0 saturated heterocycles. The summed E-state index contributed by atoms with van der Waals surface area (Å²) in [5.74, 6) is 0.683. The van der Waals surface area contributed by atoms with Crippen molar-refractivity contribution in [3.05, 3.63) is 41.5 Å². The molecule has 1 aliphatic heterocycles. The van der Waals surface area contributed by atoms with Gasteiger partial charge in [-0.15, -0.1) is 0 Å². The van der Waals surface area contributed by atoms with Crippen molar-refractivity contribution >= 4 is 11.4 Å². The monoisotopic (exact) mass is 328 g/mol. The van der Waals surface area contributed by atoms with Gasteiger partial charge in [0.15, 0.2) is 5.78 Å². The number of ether oxygens (including phenoxy) is 1. The lowest BCUT2D eigenvalue weighted by atomic mass is 9.66. The minimum Gasteiger partial charge on any atom is -0.508 e. The van der Waals surface area contributed by atoms with Crippen molar-refractivity contribution in [2.24, 2.45) is 0 Å². The van der Waals surface area contributed by atoms with Crippen LogP contribution < -0.4 is 4.74 Å². The first-order valence-electron chi connectivity index (χ1n) is 8.38. The van der Waals surface area contributed by atoms with Gasteiger partial charge in [0.1, 0.15) is 22.7 Å². The van der Waals surface area contributed by atoms with E-state index in [1.54, 1.807) is 18.2 Å². The third kappa shape index (κ3) is 2.65. The van der Waals surface area contributed by atoms with E-state index in [0.717, 1.165) is 6.42 Å². The largest absolute Gasteiger partial charge is 0.508 e. The Labute approximate surface area is 142 Å². The number of fused-ring (bicyclic) bond motifs is 3. The number of rotatable bonds is 3. The van der Waals surface area contributed by atoms with Crippen molar-refractivity contribution in [2.45, 2.75) is 57.7 Å². The standard InChI is InChI=1S/C20H24O4/c1-13(2)5-4-9-19(3)20(23)10-8-15(22)12-17(20)16-11-14(21)6-7-18(16)24-19/h5-7,11-12,21,23H,4,8-10H2,1-3H3/t19-,20-/m1/s1. The van der Waals surface area contributed by atoms with Gasteiger partial charge in [-0.3, -0.25) is 4.79 Å². The van der Waals surface area contributed by atoms with Crippen LogP contribution >= 0.6 is 0 Å². The van der Waals surface area contributed by atoms with Gasteiger partial charge in [0.2, 0.25) is 0 Å². The summed E-state index contributed by atoms with van der Waals surface area (Å²) in [6, 6.07) is 4.81. The SMILES string of the molecule is CC(C)=CCC[C@@]1(C)Oc2ccc(O)cc2C2=CC(=O)CC[C@@]21O. The topological polar surface area (TPSA) is 66.8 Å². The normalized spacial score (nSPS) is 28.3. The zero-order valence-corrected chi connectivity index (χ0v) is 14.4. The molecule has 0 saturated carbocycles. The zero-order valence-electron chi connectivity index (χ0n) is 14.4. The number of phenolic OH excluding ortho intramolecular Hbond substituents is 1. The molecule has 24 heavy (non-hydrogen) atoms. The second-order valence-corrected chi connectivity index (χ2v) is 7.22. The Kier molecular flexibility index (Phi) is 4.04. The average molecular weight is 328 g/mol. The summed E-state index contributed by atoms with van der Waals surface area (Å²) in [4.78, 5) is 12.0. The number of aliphatic hydroxyl groups is 1. The predicted molar refractivity (Wildman–Crippen MR) is 93.0 cm³/mol. The van der Waals surface area contributed by atoms with E-state index >= 15 is 0 Å². The Morgan fingerprint density at radius 2 is 2.12 bits per heavy atom. The van der Waals surface area contributed by atoms with Crippen LogP contribution in [0.4, 0.5) is 0 Å². The lowest BCUT2D eigenvalue weighted by molar-refractivity contribution is -0.125. The van der Waals surface area contributed by atoms with E-state index in [4.69, 9.17) is 4.74 Å². The molecule has 2 atom stereocenters. The molecule has 4 nitrogen and oxygen atoms in total. The maximum Gasteiger partial charge on any atom is 0.156 e.